The lowest BCUT2D eigenvalue weighted by Crippen LogP contribution is -2.52. The first-order chi connectivity index (χ1) is 10.1. The smallest absolute Gasteiger partial charge is 0.120 e. The third-order valence-electron chi connectivity index (χ3n) is 4.79. The molecule has 2 N–H and O–H groups in total. The summed E-state index contributed by atoms with van der Waals surface area (Å²) in [6, 6.07) is 5.37. The van der Waals surface area contributed by atoms with E-state index in [4.69, 9.17) is 4.74 Å². The number of methoxy groups -OCH3 is 1. The van der Waals surface area contributed by atoms with Crippen LogP contribution in [0.25, 0.3) is 0 Å². The molecule has 0 unspecified atom stereocenters. The SMILES string of the molecule is COc1ccc(O)c(CNCC2(N(C)C)CCCCC2)c1. The van der Waals surface area contributed by atoms with Gasteiger partial charge in [0.2, 0.25) is 0 Å². The molecule has 0 aromatic heterocycles. The minimum Gasteiger partial charge on any atom is -0.508 e. The summed E-state index contributed by atoms with van der Waals surface area (Å²) >= 11 is 0. The van der Waals surface area contributed by atoms with Crippen molar-refractivity contribution in [3.63, 3.8) is 0 Å². The van der Waals surface area contributed by atoms with E-state index in [2.05, 4.69) is 24.3 Å². The van der Waals surface area contributed by atoms with E-state index in [9.17, 15) is 5.11 Å². The largest absolute Gasteiger partial charge is 0.508 e. The zero-order chi connectivity index (χ0) is 15.3. The van der Waals surface area contributed by atoms with Crippen molar-refractivity contribution in [3.8, 4) is 11.5 Å². The molecule has 0 atom stereocenters. The molecule has 118 valence electrons. The van der Waals surface area contributed by atoms with Crippen molar-refractivity contribution in [1.82, 2.24) is 10.2 Å². The molecule has 0 saturated heterocycles. The van der Waals surface area contributed by atoms with Gasteiger partial charge in [-0.3, -0.25) is 0 Å². The Labute approximate surface area is 128 Å². The standard InChI is InChI=1S/C17H28N2O2/c1-19(2)17(9-5-4-6-10-17)13-18-12-14-11-15(21-3)7-8-16(14)20/h7-8,11,18,20H,4-6,9-10,12-13H2,1-3H3. The number of phenols is 1. The summed E-state index contributed by atoms with van der Waals surface area (Å²) in [6.45, 7) is 1.62. The molecular formula is C17H28N2O2. The van der Waals surface area contributed by atoms with Crippen LogP contribution in [0.15, 0.2) is 18.2 Å². The lowest BCUT2D eigenvalue weighted by molar-refractivity contribution is 0.0983. The van der Waals surface area contributed by atoms with Gasteiger partial charge in [-0.25, -0.2) is 0 Å². The number of ether oxygens (including phenoxy) is 1. The third-order valence-corrected chi connectivity index (χ3v) is 4.79. The molecule has 0 bridgehead atoms. The molecule has 2 rings (SSSR count). The van der Waals surface area contributed by atoms with Crippen LogP contribution in [0.1, 0.15) is 37.7 Å². The summed E-state index contributed by atoms with van der Waals surface area (Å²) in [7, 11) is 6.00. The minimum absolute atomic E-state index is 0.257. The number of hydrogen-bond donors (Lipinski definition) is 2. The van der Waals surface area contributed by atoms with Crippen LogP contribution >= 0.6 is 0 Å². The fourth-order valence-electron chi connectivity index (χ4n) is 3.25. The summed E-state index contributed by atoms with van der Waals surface area (Å²) in [6.07, 6.45) is 6.47. The van der Waals surface area contributed by atoms with Crippen molar-refractivity contribution < 1.29 is 9.84 Å². The van der Waals surface area contributed by atoms with Crippen LogP contribution in [0.4, 0.5) is 0 Å². The van der Waals surface area contributed by atoms with Crippen molar-refractivity contribution in [2.75, 3.05) is 27.7 Å². The second-order valence-corrected chi connectivity index (χ2v) is 6.28. The number of aromatic hydroxyl groups is 1. The van der Waals surface area contributed by atoms with Crippen molar-refractivity contribution in [3.05, 3.63) is 23.8 Å². The van der Waals surface area contributed by atoms with Gasteiger partial charge < -0.3 is 20.1 Å². The van der Waals surface area contributed by atoms with Gasteiger partial charge in [-0.2, -0.15) is 0 Å². The van der Waals surface area contributed by atoms with E-state index in [0.29, 0.717) is 12.3 Å². The number of nitrogens with zero attached hydrogens (tertiary/aromatic N) is 1. The summed E-state index contributed by atoms with van der Waals surface area (Å²) < 4.78 is 5.22. The Morgan fingerprint density at radius 1 is 1.24 bits per heavy atom. The van der Waals surface area contributed by atoms with Gasteiger partial charge in [-0.05, 0) is 45.1 Å². The molecular weight excluding hydrogens is 264 g/mol. The maximum atomic E-state index is 9.93. The van der Waals surface area contributed by atoms with Crippen LogP contribution in [-0.4, -0.2) is 43.3 Å². The van der Waals surface area contributed by atoms with Gasteiger partial charge in [-0.15, -0.1) is 0 Å². The van der Waals surface area contributed by atoms with Crippen molar-refractivity contribution >= 4 is 0 Å². The summed E-state index contributed by atoms with van der Waals surface area (Å²) in [5.74, 6) is 1.11. The summed E-state index contributed by atoms with van der Waals surface area (Å²) in [5, 5.41) is 13.5. The van der Waals surface area contributed by atoms with Gasteiger partial charge in [0, 0.05) is 24.2 Å². The molecule has 0 aliphatic heterocycles. The monoisotopic (exact) mass is 292 g/mol. The van der Waals surface area contributed by atoms with Gasteiger partial charge in [0.05, 0.1) is 7.11 Å². The van der Waals surface area contributed by atoms with E-state index in [-0.39, 0.29) is 5.54 Å². The molecule has 0 amide bonds. The molecule has 1 aromatic rings. The highest BCUT2D eigenvalue weighted by molar-refractivity contribution is 5.39. The average Bonchev–Trinajstić information content (AvgIpc) is 2.50. The normalized spacial score (nSPS) is 17.9. The number of benzene rings is 1. The van der Waals surface area contributed by atoms with Crippen LogP contribution < -0.4 is 10.1 Å². The molecule has 4 nitrogen and oxygen atoms in total. The first kappa shape index (κ1) is 16.1. The Morgan fingerprint density at radius 2 is 1.95 bits per heavy atom. The van der Waals surface area contributed by atoms with Crippen LogP contribution in [-0.2, 0) is 6.54 Å². The van der Waals surface area contributed by atoms with Crippen molar-refractivity contribution in [2.24, 2.45) is 0 Å². The first-order valence-electron chi connectivity index (χ1n) is 7.81. The van der Waals surface area contributed by atoms with Crippen molar-refractivity contribution in [2.45, 2.75) is 44.2 Å². The van der Waals surface area contributed by atoms with E-state index in [1.807, 2.05) is 6.07 Å². The van der Waals surface area contributed by atoms with Crippen LogP contribution in [0.5, 0.6) is 11.5 Å². The third kappa shape index (κ3) is 3.89. The summed E-state index contributed by atoms with van der Waals surface area (Å²) in [4.78, 5) is 2.37. The van der Waals surface area contributed by atoms with Gasteiger partial charge in [0.25, 0.3) is 0 Å². The molecule has 0 spiro atoms. The van der Waals surface area contributed by atoms with E-state index < -0.39 is 0 Å². The maximum Gasteiger partial charge on any atom is 0.120 e. The molecule has 0 heterocycles. The number of rotatable bonds is 6. The molecule has 1 fully saturated rings. The van der Waals surface area contributed by atoms with E-state index in [1.54, 1.807) is 19.2 Å². The summed E-state index contributed by atoms with van der Waals surface area (Å²) in [5.41, 5.74) is 1.14. The molecule has 1 aliphatic carbocycles. The zero-order valence-electron chi connectivity index (χ0n) is 13.5. The fraction of sp³-hybridized carbons (Fsp3) is 0.647. The second kappa shape index (κ2) is 7.14. The number of likely N-dealkylation sites (N-methyl/N-ethyl adjacent to an activating group) is 1. The second-order valence-electron chi connectivity index (χ2n) is 6.28. The Morgan fingerprint density at radius 3 is 2.57 bits per heavy atom. The van der Waals surface area contributed by atoms with E-state index in [1.165, 1.54) is 32.1 Å². The van der Waals surface area contributed by atoms with Gasteiger partial charge in [0.15, 0.2) is 0 Å². The zero-order valence-corrected chi connectivity index (χ0v) is 13.5. The van der Waals surface area contributed by atoms with Gasteiger partial charge in [0.1, 0.15) is 11.5 Å². The maximum absolute atomic E-state index is 9.93. The molecule has 1 aliphatic rings. The van der Waals surface area contributed by atoms with Crippen LogP contribution in [0.2, 0.25) is 0 Å². The Bertz CT molecular complexity index is 454. The van der Waals surface area contributed by atoms with E-state index in [0.717, 1.165) is 17.9 Å². The Hall–Kier alpha value is -1.26. The Kier molecular flexibility index (Phi) is 5.48. The molecule has 1 saturated carbocycles. The average molecular weight is 292 g/mol. The van der Waals surface area contributed by atoms with Gasteiger partial charge >= 0.3 is 0 Å². The highest BCUT2D eigenvalue weighted by atomic mass is 16.5. The quantitative estimate of drug-likeness (QED) is 0.846. The lowest BCUT2D eigenvalue weighted by Gasteiger charge is -2.43. The first-order valence-corrected chi connectivity index (χ1v) is 7.81. The number of hydrogen-bond acceptors (Lipinski definition) is 4. The number of phenolic OH excluding ortho intramolecular Hbond substituents is 1. The Balaban J connectivity index is 1.96. The molecule has 0 radical (unpaired) electrons. The van der Waals surface area contributed by atoms with Crippen LogP contribution in [0, 0.1) is 0 Å². The van der Waals surface area contributed by atoms with Crippen LogP contribution in [0.3, 0.4) is 0 Å². The number of nitrogens with one attached hydrogen (secondary N) is 1. The predicted octanol–water partition coefficient (Wildman–Crippen LogP) is 2.75. The fourth-order valence-corrected chi connectivity index (χ4v) is 3.25. The molecule has 21 heavy (non-hydrogen) atoms. The van der Waals surface area contributed by atoms with E-state index >= 15 is 0 Å². The minimum atomic E-state index is 0.257. The highest BCUT2D eigenvalue weighted by Gasteiger charge is 2.33. The topological polar surface area (TPSA) is 44.7 Å². The highest BCUT2D eigenvalue weighted by Crippen LogP contribution is 2.32. The van der Waals surface area contributed by atoms with Gasteiger partial charge in [-0.1, -0.05) is 19.3 Å². The van der Waals surface area contributed by atoms with Crippen molar-refractivity contribution in [1.29, 1.82) is 0 Å². The predicted molar refractivity (Wildman–Crippen MR) is 85.9 cm³/mol. The molecule has 1 aromatic carbocycles. The lowest BCUT2D eigenvalue weighted by atomic mass is 9.80. The molecule has 4 heteroatoms.